The number of carbonyl (C=O) groups excluding carboxylic acids is 1. The zero-order valence-electron chi connectivity index (χ0n) is 16.0. The fraction of sp³-hybridized carbons (Fsp3) is 0.273. The number of amides is 1. The van der Waals surface area contributed by atoms with Crippen LogP contribution in [0.5, 0.6) is 5.75 Å². The van der Waals surface area contributed by atoms with E-state index in [9.17, 15) is 14.4 Å². The highest BCUT2D eigenvalue weighted by Crippen LogP contribution is 2.28. The number of halogens is 1. The molecule has 0 spiro atoms. The van der Waals surface area contributed by atoms with Crippen molar-refractivity contribution >= 4 is 23.4 Å². The summed E-state index contributed by atoms with van der Waals surface area (Å²) in [5.74, 6) is -0.306. The van der Waals surface area contributed by atoms with E-state index in [0.29, 0.717) is 22.7 Å². The van der Waals surface area contributed by atoms with Crippen molar-refractivity contribution in [3.8, 4) is 11.8 Å². The number of aryl methyl sites for hydroxylation is 1. The molecule has 6 heteroatoms. The van der Waals surface area contributed by atoms with E-state index in [1.54, 1.807) is 30.3 Å². The van der Waals surface area contributed by atoms with Crippen LogP contribution in [0.25, 0.3) is 6.08 Å². The standard InChI is InChI=1S/C22H22FN3O2/c1-15-10-21(26-8-3-4-9-26)20(23)12-16(15)11-17(14-24)22(27)25-18-6-5-7-19(13-18)28-2/h5-7,10-13H,3-4,8-9H2,1-2H3,(H,25,27). The summed E-state index contributed by atoms with van der Waals surface area (Å²) in [7, 11) is 1.53. The SMILES string of the molecule is COc1cccc(NC(=O)C(C#N)=Cc2cc(F)c(N3CCCC3)cc2C)c1. The first kappa shape index (κ1) is 19.4. The van der Waals surface area contributed by atoms with Crippen LogP contribution in [0.4, 0.5) is 15.8 Å². The molecular formula is C22H22FN3O2. The minimum atomic E-state index is -0.556. The van der Waals surface area contributed by atoms with Gasteiger partial charge in [-0.15, -0.1) is 0 Å². The second kappa shape index (κ2) is 8.57. The molecule has 0 saturated carbocycles. The summed E-state index contributed by atoms with van der Waals surface area (Å²) in [5.41, 5.74) is 2.31. The van der Waals surface area contributed by atoms with Crippen LogP contribution >= 0.6 is 0 Å². The molecule has 0 aromatic heterocycles. The van der Waals surface area contributed by atoms with Gasteiger partial charge in [0.25, 0.3) is 5.91 Å². The third-order valence-electron chi connectivity index (χ3n) is 4.77. The van der Waals surface area contributed by atoms with E-state index in [2.05, 4.69) is 5.32 Å². The Morgan fingerprint density at radius 3 is 2.71 bits per heavy atom. The molecular weight excluding hydrogens is 357 g/mol. The number of benzene rings is 2. The average Bonchev–Trinajstić information content (AvgIpc) is 3.22. The molecule has 1 fully saturated rings. The molecule has 1 heterocycles. The molecule has 1 saturated heterocycles. The van der Waals surface area contributed by atoms with Crippen molar-refractivity contribution in [1.82, 2.24) is 0 Å². The summed E-state index contributed by atoms with van der Waals surface area (Å²) in [6.07, 6.45) is 3.54. The molecule has 2 aromatic rings. The summed E-state index contributed by atoms with van der Waals surface area (Å²) in [4.78, 5) is 14.5. The Bertz CT molecular complexity index is 957. The van der Waals surface area contributed by atoms with E-state index < -0.39 is 5.91 Å². The minimum Gasteiger partial charge on any atom is -0.497 e. The van der Waals surface area contributed by atoms with Gasteiger partial charge in [-0.1, -0.05) is 6.07 Å². The summed E-state index contributed by atoms with van der Waals surface area (Å²) in [6, 6.07) is 11.9. The average molecular weight is 379 g/mol. The van der Waals surface area contributed by atoms with Crippen LogP contribution in [0.15, 0.2) is 42.0 Å². The number of carbonyl (C=O) groups is 1. The third-order valence-corrected chi connectivity index (χ3v) is 4.77. The molecule has 0 unspecified atom stereocenters. The van der Waals surface area contributed by atoms with E-state index in [4.69, 9.17) is 4.74 Å². The van der Waals surface area contributed by atoms with Gasteiger partial charge < -0.3 is 15.0 Å². The molecule has 1 amide bonds. The molecule has 1 aliphatic heterocycles. The van der Waals surface area contributed by atoms with Crippen molar-refractivity contribution in [2.24, 2.45) is 0 Å². The lowest BCUT2D eigenvalue weighted by atomic mass is 10.0. The predicted octanol–water partition coefficient (Wildman–Crippen LogP) is 4.29. The van der Waals surface area contributed by atoms with Gasteiger partial charge in [-0.05, 0) is 61.2 Å². The highest BCUT2D eigenvalue weighted by molar-refractivity contribution is 6.09. The Labute approximate surface area is 164 Å². The highest BCUT2D eigenvalue weighted by atomic mass is 19.1. The number of ether oxygens (including phenoxy) is 1. The van der Waals surface area contributed by atoms with E-state index >= 15 is 0 Å². The number of nitrogens with zero attached hydrogens (tertiary/aromatic N) is 2. The summed E-state index contributed by atoms with van der Waals surface area (Å²) >= 11 is 0. The topological polar surface area (TPSA) is 65.4 Å². The van der Waals surface area contributed by atoms with Crippen LogP contribution < -0.4 is 15.0 Å². The van der Waals surface area contributed by atoms with Crippen molar-refractivity contribution in [2.75, 3.05) is 30.4 Å². The number of rotatable bonds is 5. The molecule has 2 aromatic carbocycles. The normalized spacial score (nSPS) is 13.9. The Balaban J connectivity index is 1.84. The zero-order chi connectivity index (χ0) is 20.1. The van der Waals surface area contributed by atoms with Crippen LogP contribution in [-0.4, -0.2) is 26.1 Å². The molecule has 5 nitrogen and oxygen atoms in total. The number of anilines is 2. The van der Waals surface area contributed by atoms with Crippen LogP contribution in [0.1, 0.15) is 24.0 Å². The predicted molar refractivity (Wildman–Crippen MR) is 108 cm³/mol. The number of nitriles is 1. The van der Waals surface area contributed by atoms with Crippen molar-refractivity contribution in [3.63, 3.8) is 0 Å². The number of hydrogen-bond donors (Lipinski definition) is 1. The van der Waals surface area contributed by atoms with Gasteiger partial charge in [-0.2, -0.15) is 5.26 Å². The van der Waals surface area contributed by atoms with Crippen molar-refractivity contribution in [2.45, 2.75) is 19.8 Å². The second-order valence-electron chi connectivity index (χ2n) is 6.71. The fourth-order valence-electron chi connectivity index (χ4n) is 3.24. The molecule has 0 aliphatic carbocycles. The molecule has 0 bridgehead atoms. The summed E-state index contributed by atoms with van der Waals surface area (Å²) < 4.78 is 19.7. The van der Waals surface area contributed by atoms with E-state index in [1.807, 2.05) is 17.9 Å². The first-order valence-corrected chi connectivity index (χ1v) is 9.14. The zero-order valence-corrected chi connectivity index (χ0v) is 16.0. The van der Waals surface area contributed by atoms with Gasteiger partial charge in [0.15, 0.2) is 0 Å². The molecule has 1 N–H and O–H groups in total. The molecule has 0 radical (unpaired) electrons. The van der Waals surface area contributed by atoms with Gasteiger partial charge in [-0.3, -0.25) is 4.79 Å². The van der Waals surface area contributed by atoms with E-state index in [0.717, 1.165) is 31.5 Å². The lowest BCUT2D eigenvalue weighted by Gasteiger charge is -2.19. The van der Waals surface area contributed by atoms with Gasteiger partial charge in [0, 0.05) is 24.8 Å². The van der Waals surface area contributed by atoms with Crippen molar-refractivity contribution in [1.29, 1.82) is 5.26 Å². The van der Waals surface area contributed by atoms with Crippen LogP contribution in [0, 0.1) is 24.1 Å². The maximum atomic E-state index is 14.6. The lowest BCUT2D eigenvalue weighted by molar-refractivity contribution is -0.112. The van der Waals surface area contributed by atoms with Gasteiger partial charge in [0.2, 0.25) is 0 Å². The Hall–Kier alpha value is -3.33. The summed E-state index contributed by atoms with van der Waals surface area (Å²) in [5, 5.41) is 12.1. The fourth-order valence-corrected chi connectivity index (χ4v) is 3.24. The lowest BCUT2D eigenvalue weighted by Crippen LogP contribution is -2.19. The Morgan fingerprint density at radius 2 is 2.04 bits per heavy atom. The molecule has 3 rings (SSSR count). The summed E-state index contributed by atoms with van der Waals surface area (Å²) in [6.45, 7) is 3.54. The highest BCUT2D eigenvalue weighted by Gasteiger charge is 2.18. The quantitative estimate of drug-likeness (QED) is 0.622. The molecule has 28 heavy (non-hydrogen) atoms. The Morgan fingerprint density at radius 1 is 1.29 bits per heavy atom. The van der Waals surface area contributed by atoms with Crippen molar-refractivity contribution < 1.29 is 13.9 Å². The van der Waals surface area contributed by atoms with Gasteiger partial charge in [0.1, 0.15) is 23.2 Å². The molecule has 144 valence electrons. The smallest absolute Gasteiger partial charge is 0.266 e. The number of methoxy groups -OCH3 is 1. The van der Waals surface area contributed by atoms with Crippen LogP contribution in [0.3, 0.4) is 0 Å². The minimum absolute atomic E-state index is 0.0979. The van der Waals surface area contributed by atoms with Crippen LogP contribution in [-0.2, 0) is 4.79 Å². The van der Waals surface area contributed by atoms with E-state index in [-0.39, 0.29) is 11.4 Å². The molecule has 1 aliphatic rings. The number of hydrogen-bond acceptors (Lipinski definition) is 4. The van der Waals surface area contributed by atoms with Gasteiger partial charge in [-0.25, -0.2) is 4.39 Å². The second-order valence-corrected chi connectivity index (χ2v) is 6.71. The van der Waals surface area contributed by atoms with E-state index in [1.165, 1.54) is 19.3 Å². The van der Waals surface area contributed by atoms with Crippen molar-refractivity contribution in [3.05, 3.63) is 58.9 Å². The third kappa shape index (κ3) is 4.32. The van der Waals surface area contributed by atoms with Gasteiger partial charge >= 0.3 is 0 Å². The monoisotopic (exact) mass is 379 g/mol. The Kier molecular flexibility index (Phi) is 5.95. The first-order chi connectivity index (χ1) is 13.5. The van der Waals surface area contributed by atoms with Crippen LogP contribution in [0.2, 0.25) is 0 Å². The maximum absolute atomic E-state index is 14.6. The maximum Gasteiger partial charge on any atom is 0.266 e. The largest absolute Gasteiger partial charge is 0.497 e. The van der Waals surface area contributed by atoms with Gasteiger partial charge in [0.05, 0.1) is 12.8 Å². The first-order valence-electron chi connectivity index (χ1n) is 9.14. The molecule has 0 atom stereocenters. The number of nitrogens with one attached hydrogen (secondary N) is 1.